The second-order valence-corrected chi connectivity index (χ2v) is 6.87. The van der Waals surface area contributed by atoms with Crippen LogP contribution < -0.4 is 0 Å². The molecule has 0 saturated carbocycles. The van der Waals surface area contributed by atoms with Gasteiger partial charge in [-0.15, -0.1) is 11.8 Å². The van der Waals surface area contributed by atoms with Gasteiger partial charge in [0.05, 0.1) is 10.7 Å². The van der Waals surface area contributed by atoms with E-state index in [2.05, 4.69) is 0 Å². The fraction of sp³-hybridized carbons (Fsp3) is 0.500. The monoisotopic (exact) mass is 352 g/mol. The van der Waals surface area contributed by atoms with Gasteiger partial charge in [-0.05, 0) is 37.3 Å². The van der Waals surface area contributed by atoms with Crippen LogP contribution in [0.4, 0.5) is 5.69 Å². The van der Waals surface area contributed by atoms with E-state index in [9.17, 15) is 19.7 Å². The second kappa shape index (κ2) is 8.68. The highest BCUT2D eigenvalue weighted by molar-refractivity contribution is 8.00. The molecule has 1 heterocycles. The third-order valence-electron chi connectivity index (χ3n) is 4.05. The van der Waals surface area contributed by atoms with Gasteiger partial charge in [-0.2, -0.15) is 0 Å². The Kier molecular flexibility index (Phi) is 6.60. The van der Waals surface area contributed by atoms with Crippen molar-refractivity contribution < 1.29 is 19.6 Å². The molecule has 1 amide bonds. The summed E-state index contributed by atoms with van der Waals surface area (Å²) < 4.78 is 0. The van der Waals surface area contributed by atoms with E-state index in [1.165, 1.54) is 23.9 Å². The lowest BCUT2D eigenvalue weighted by molar-refractivity contribution is -0.384. The van der Waals surface area contributed by atoms with E-state index in [-0.39, 0.29) is 29.7 Å². The molecule has 0 spiro atoms. The zero-order valence-corrected chi connectivity index (χ0v) is 14.0. The molecule has 0 aliphatic carbocycles. The summed E-state index contributed by atoms with van der Waals surface area (Å²) in [6.45, 7) is 1.33. The van der Waals surface area contributed by atoms with Crippen molar-refractivity contribution in [2.75, 3.05) is 18.8 Å². The average Bonchev–Trinajstić information content (AvgIpc) is 2.58. The first-order valence-electron chi connectivity index (χ1n) is 7.82. The standard InChI is InChI=1S/C16H20N2O5S/c19-15(11-24-14-6-4-13(5-7-14)18(22)23)17-9-1-2-12(10-17)3-8-16(20)21/h4-7,12H,1-3,8-11H2,(H,20,21). The second-order valence-electron chi connectivity index (χ2n) is 5.82. The number of rotatable bonds is 7. The lowest BCUT2D eigenvalue weighted by Crippen LogP contribution is -2.41. The van der Waals surface area contributed by atoms with Crippen LogP contribution in [-0.2, 0) is 9.59 Å². The van der Waals surface area contributed by atoms with Crippen molar-refractivity contribution in [3.8, 4) is 0 Å². The van der Waals surface area contributed by atoms with Crippen molar-refractivity contribution in [3.63, 3.8) is 0 Å². The predicted molar refractivity (Wildman–Crippen MR) is 90.0 cm³/mol. The molecular formula is C16H20N2O5S. The molecule has 130 valence electrons. The van der Waals surface area contributed by atoms with Crippen LogP contribution in [0, 0.1) is 16.0 Å². The van der Waals surface area contributed by atoms with Gasteiger partial charge >= 0.3 is 5.97 Å². The molecular weight excluding hydrogens is 332 g/mol. The summed E-state index contributed by atoms with van der Waals surface area (Å²) in [6.07, 6.45) is 2.61. The number of nitrogens with zero attached hydrogens (tertiary/aromatic N) is 2. The van der Waals surface area contributed by atoms with Crippen LogP contribution in [0.2, 0.25) is 0 Å². The van der Waals surface area contributed by atoms with E-state index in [0.717, 1.165) is 17.7 Å². The number of non-ortho nitro benzene ring substituents is 1. The van der Waals surface area contributed by atoms with Gasteiger partial charge in [0.15, 0.2) is 0 Å². The van der Waals surface area contributed by atoms with Crippen LogP contribution in [0.3, 0.4) is 0 Å². The number of hydrogen-bond acceptors (Lipinski definition) is 5. The Morgan fingerprint density at radius 2 is 2.04 bits per heavy atom. The van der Waals surface area contributed by atoms with Gasteiger partial charge in [-0.1, -0.05) is 0 Å². The maximum Gasteiger partial charge on any atom is 0.303 e. The Labute approximate surface area is 144 Å². The molecule has 1 atom stereocenters. The van der Waals surface area contributed by atoms with Gasteiger partial charge in [0, 0.05) is 36.5 Å². The fourth-order valence-corrected chi connectivity index (χ4v) is 3.56. The highest BCUT2D eigenvalue weighted by Gasteiger charge is 2.24. The van der Waals surface area contributed by atoms with E-state index in [0.29, 0.717) is 19.5 Å². The van der Waals surface area contributed by atoms with Gasteiger partial charge < -0.3 is 10.0 Å². The minimum absolute atomic E-state index is 0.0263. The van der Waals surface area contributed by atoms with Crippen LogP contribution in [0.1, 0.15) is 25.7 Å². The highest BCUT2D eigenvalue weighted by Crippen LogP contribution is 2.24. The number of amides is 1. The molecule has 0 bridgehead atoms. The highest BCUT2D eigenvalue weighted by atomic mass is 32.2. The molecule has 24 heavy (non-hydrogen) atoms. The lowest BCUT2D eigenvalue weighted by atomic mass is 9.93. The number of carbonyl (C=O) groups is 2. The molecule has 1 aromatic carbocycles. The summed E-state index contributed by atoms with van der Waals surface area (Å²) in [7, 11) is 0. The molecule has 1 unspecified atom stereocenters. The summed E-state index contributed by atoms with van der Waals surface area (Å²) in [4.78, 5) is 35.7. The van der Waals surface area contributed by atoms with Crippen LogP contribution in [0.5, 0.6) is 0 Å². The third kappa shape index (κ3) is 5.52. The molecule has 8 heteroatoms. The maximum atomic E-state index is 12.3. The number of benzene rings is 1. The number of carboxylic acid groups (broad SMARTS) is 1. The number of nitro groups is 1. The van der Waals surface area contributed by atoms with Gasteiger partial charge in [0.25, 0.3) is 5.69 Å². The first-order valence-corrected chi connectivity index (χ1v) is 8.81. The summed E-state index contributed by atoms with van der Waals surface area (Å²) in [5.74, 6) is -0.238. The first kappa shape index (κ1) is 18.3. The number of carbonyl (C=O) groups excluding carboxylic acids is 1. The Hall–Kier alpha value is -2.09. The quantitative estimate of drug-likeness (QED) is 0.460. The molecule has 1 N–H and O–H groups in total. The van der Waals surface area contributed by atoms with Crippen LogP contribution in [0.15, 0.2) is 29.2 Å². The first-order chi connectivity index (χ1) is 11.5. The molecule has 1 aliphatic rings. The molecule has 0 radical (unpaired) electrons. The number of thioether (sulfide) groups is 1. The molecule has 1 fully saturated rings. The maximum absolute atomic E-state index is 12.3. The van der Waals surface area contributed by atoms with Crippen molar-refractivity contribution in [2.24, 2.45) is 5.92 Å². The molecule has 1 aromatic rings. The van der Waals surface area contributed by atoms with Crippen LogP contribution >= 0.6 is 11.8 Å². The number of aliphatic carboxylic acids is 1. The van der Waals surface area contributed by atoms with Crippen molar-refractivity contribution in [3.05, 3.63) is 34.4 Å². The average molecular weight is 352 g/mol. The third-order valence-corrected chi connectivity index (χ3v) is 5.04. The molecule has 0 aromatic heterocycles. The van der Waals surface area contributed by atoms with Gasteiger partial charge in [0.1, 0.15) is 0 Å². The fourth-order valence-electron chi connectivity index (χ4n) is 2.76. The van der Waals surface area contributed by atoms with Crippen molar-refractivity contribution in [1.29, 1.82) is 0 Å². The van der Waals surface area contributed by atoms with Crippen molar-refractivity contribution in [2.45, 2.75) is 30.6 Å². The Morgan fingerprint density at radius 3 is 2.67 bits per heavy atom. The van der Waals surface area contributed by atoms with Gasteiger partial charge in [-0.25, -0.2) is 0 Å². The summed E-state index contributed by atoms with van der Waals surface area (Å²) in [5, 5.41) is 19.4. The number of hydrogen-bond donors (Lipinski definition) is 1. The number of carboxylic acids is 1. The van der Waals surface area contributed by atoms with Crippen molar-refractivity contribution in [1.82, 2.24) is 4.90 Å². The minimum Gasteiger partial charge on any atom is -0.481 e. The van der Waals surface area contributed by atoms with Crippen LogP contribution in [0.25, 0.3) is 0 Å². The Bertz CT molecular complexity index is 605. The molecule has 7 nitrogen and oxygen atoms in total. The Balaban J connectivity index is 1.81. The van der Waals surface area contributed by atoms with E-state index < -0.39 is 10.9 Å². The number of likely N-dealkylation sites (tertiary alicyclic amines) is 1. The molecule has 2 rings (SSSR count). The van der Waals surface area contributed by atoms with E-state index in [1.807, 2.05) is 0 Å². The number of piperidine rings is 1. The summed E-state index contributed by atoms with van der Waals surface area (Å²) >= 11 is 1.35. The number of nitro benzene ring substituents is 1. The molecule has 1 saturated heterocycles. The minimum atomic E-state index is -0.799. The topological polar surface area (TPSA) is 101 Å². The van der Waals surface area contributed by atoms with Crippen LogP contribution in [-0.4, -0.2) is 45.6 Å². The van der Waals surface area contributed by atoms with E-state index >= 15 is 0 Å². The largest absolute Gasteiger partial charge is 0.481 e. The predicted octanol–water partition coefficient (Wildman–Crippen LogP) is 2.79. The van der Waals surface area contributed by atoms with Gasteiger partial charge in [-0.3, -0.25) is 19.7 Å². The lowest BCUT2D eigenvalue weighted by Gasteiger charge is -2.32. The zero-order chi connectivity index (χ0) is 17.5. The SMILES string of the molecule is O=C(O)CCC1CCCN(C(=O)CSc2ccc([N+](=O)[O-])cc2)C1. The van der Waals surface area contributed by atoms with E-state index in [4.69, 9.17) is 5.11 Å². The van der Waals surface area contributed by atoms with Crippen molar-refractivity contribution >= 4 is 29.3 Å². The molecule has 1 aliphatic heterocycles. The smallest absolute Gasteiger partial charge is 0.303 e. The summed E-state index contributed by atoms with van der Waals surface area (Å²) in [6, 6.07) is 6.13. The normalized spacial score (nSPS) is 17.5. The van der Waals surface area contributed by atoms with Gasteiger partial charge in [0.2, 0.25) is 5.91 Å². The zero-order valence-electron chi connectivity index (χ0n) is 13.2. The summed E-state index contributed by atoms with van der Waals surface area (Å²) in [5.41, 5.74) is 0.0305. The Morgan fingerprint density at radius 1 is 1.33 bits per heavy atom. The van der Waals surface area contributed by atoms with E-state index in [1.54, 1.807) is 17.0 Å².